The summed E-state index contributed by atoms with van der Waals surface area (Å²) in [7, 11) is -2.17. The van der Waals surface area contributed by atoms with Gasteiger partial charge in [0, 0.05) is 19.4 Å². The molecule has 0 saturated carbocycles. The van der Waals surface area contributed by atoms with Gasteiger partial charge in [-0.2, -0.15) is 8.42 Å². The zero-order valence-corrected chi connectivity index (χ0v) is 10.6. The Kier molecular flexibility index (Phi) is 3.21. The first-order valence-corrected chi connectivity index (χ1v) is 6.57. The van der Waals surface area contributed by atoms with E-state index in [-0.39, 0.29) is 16.4 Å². The largest absolute Gasteiger partial charge is 0.478 e. The van der Waals surface area contributed by atoms with Gasteiger partial charge in [-0.15, -0.1) is 0 Å². The fourth-order valence-electron chi connectivity index (χ4n) is 1.30. The Morgan fingerprint density at radius 1 is 1.37 bits per heavy atom. The van der Waals surface area contributed by atoms with Crippen LogP contribution in [0.1, 0.15) is 10.4 Å². The van der Waals surface area contributed by atoms with Crippen LogP contribution in [0, 0.1) is 0 Å². The number of hydrogen-bond donors (Lipinski definition) is 2. The average Bonchev–Trinajstić information content (AvgIpc) is 2.77. The minimum Gasteiger partial charge on any atom is -0.478 e. The molecule has 2 heterocycles. The number of hydrogen-bond acceptors (Lipinski definition) is 5. The van der Waals surface area contributed by atoms with Crippen molar-refractivity contribution in [3.05, 3.63) is 36.4 Å². The van der Waals surface area contributed by atoms with Gasteiger partial charge in [-0.3, -0.25) is 4.72 Å². The van der Waals surface area contributed by atoms with E-state index in [0.29, 0.717) is 0 Å². The van der Waals surface area contributed by atoms with Crippen LogP contribution >= 0.6 is 0 Å². The Bertz CT molecular complexity index is 705. The van der Waals surface area contributed by atoms with Gasteiger partial charge in [0.1, 0.15) is 5.82 Å². The van der Waals surface area contributed by atoms with E-state index in [1.54, 1.807) is 7.05 Å². The summed E-state index contributed by atoms with van der Waals surface area (Å²) in [6.45, 7) is 0. The maximum Gasteiger partial charge on any atom is 0.337 e. The number of aromatic nitrogens is 3. The molecule has 0 aromatic carbocycles. The molecule has 0 saturated heterocycles. The van der Waals surface area contributed by atoms with Gasteiger partial charge >= 0.3 is 5.97 Å². The molecule has 0 atom stereocenters. The lowest BCUT2D eigenvalue weighted by Crippen LogP contribution is -2.14. The standard InChI is InChI=1S/C10H10N4O4S/c1-14-5-9(12-6-14)19(17,18)13-8-3-2-7(4-11-8)10(15)16/h2-6H,1H3,(H,11,13)(H,15,16). The number of carboxylic acids is 1. The van der Waals surface area contributed by atoms with Crippen molar-refractivity contribution in [1.29, 1.82) is 0 Å². The number of aromatic carboxylic acids is 1. The first kappa shape index (κ1) is 13.0. The zero-order chi connectivity index (χ0) is 14.0. The lowest BCUT2D eigenvalue weighted by Gasteiger charge is -2.04. The molecule has 2 rings (SSSR count). The maximum atomic E-state index is 11.9. The second-order valence-electron chi connectivity index (χ2n) is 3.72. The lowest BCUT2D eigenvalue weighted by molar-refractivity contribution is 0.0696. The zero-order valence-electron chi connectivity index (χ0n) is 9.81. The van der Waals surface area contributed by atoms with Crippen molar-refractivity contribution >= 4 is 21.8 Å². The number of imidazole rings is 1. The number of rotatable bonds is 4. The number of carboxylic acid groups (broad SMARTS) is 1. The molecule has 0 bridgehead atoms. The van der Waals surface area contributed by atoms with Gasteiger partial charge < -0.3 is 9.67 Å². The number of aryl methyl sites for hydroxylation is 1. The Morgan fingerprint density at radius 3 is 2.58 bits per heavy atom. The van der Waals surface area contributed by atoms with Crippen molar-refractivity contribution in [3.8, 4) is 0 Å². The summed E-state index contributed by atoms with van der Waals surface area (Å²) >= 11 is 0. The minimum absolute atomic E-state index is 0.0238. The van der Waals surface area contributed by atoms with Crippen LogP contribution in [-0.4, -0.2) is 34.0 Å². The Balaban J connectivity index is 2.23. The lowest BCUT2D eigenvalue weighted by atomic mass is 10.3. The van der Waals surface area contributed by atoms with Crippen LogP contribution in [0.5, 0.6) is 0 Å². The Labute approximate surface area is 108 Å². The van der Waals surface area contributed by atoms with E-state index < -0.39 is 16.0 Å². The van der Waals surface area contributed by atoms with Gasteiger partial charge in [0.2, 0.25) is 0 Å². The summed E-state index contributed by atoms with van der Waals surface area (Å²) in [5.41, 5.74) is -0.0271. The highest BCUT2D eigenvalue weighted by molar-refractivity contribution is 7.92. The van der Waals surface area contributed by atoms with Crippen LogP contribution in [0.4, 0.5) is 5.82 Å². The van der Waals surface area contributed by atoms with Gasteiger partial charge in [0.05, 0.1) is 11.9 Å². The summed E-state index contributed by atoms with van der Waals surface area (Å²) in [5.74, 6) is -1.11. The van der Waals surface area contributed by atoms with Crippen molar-refractivity contribution in [3.63, 3.8) is 0 Å². The Hall–Kier alpha value is -2.42. The molecule has 2 N–H and O–H groups in total. The highest BCUT2D eigenvalue weighted by Crippen LogP contribution is 2.12. The fourth-order valence-corrected chi connectivity index (χ4v) is 2.29. The number of carbonyl (C=O) groups is 1. The molecule has 100 valence electrons. The SMILES string of the molecule is Cn1cnc(S(=O)(=O)Nc2ccc(C(=O)O)cn2)c1. The van der Waals surface area contributed by atoms with Crippen molar-refractivity contribution in [2.75, 3.05) is 4.72 Å². The quantitative estimate of drug-likeness (QED) is 0.834. The minimum atomic E-state index is -3.82. The molecule has 0 fully saturated rings. The van der Waals surface area contributed by atoms with Gasteiger partial charge in [-0.25, -0.2) is 14.8 Å². The number of sulfonamides is 1. The monoisotopic (exact) mass is 282 g/mol. The first-order valence-electron chi connectivity index (χ1n) is 5.08. The van der Waals surface area contributed by atoms with Gasteiger partial charge in [0.25, 0.3) is 10.0 Å². The normalized spacial score (nSPS) is 11.2. The smallest absolute Gasteiger partial charge is 0.337 e. The molecule has 0 aliphatic carbocycles. The molecule has 0 aliphatic heterocycles. The number of nitrogens with one attached hydrogen (secondary N) is 1. The molecule has 19 heavy (non-hydrogen) atoms. The first-order chi connectivity index (χ1) is 8.88. The van der Waals surface area contributed by atoms with E-state index in [2.05, 4.69) is 14.7 Å². The van der Waals surface area contributed by atoms with Crippen LogP contribution in [0.3, 0.4) is 0 Å². The summed E-state index contributed by atoms with van der Waals surface area (Å²) in [6, 6.07) is 2.52. The summed E-state index contributed by atoms with van der Waals surface area (Å²) in [5, 5.41) is 8.56. The van der Waals surface area contributed by atoms with Crippen LogP contribution in [-0.2, 0) is 17.1 Å². The van der Waals surface area contributed by atoms with Crippen molar-refractivity contribution < 1.29 is 18.3 Å². The molecular weight excluding hydrogens is 272 g/mol. The van der Waals surface area contributed by atoms with Gasteiger partial charge in [-0.1, -0.05) is 0 Å². The van der Waals surface area contributed by atoms with Crippen LogP contribution < -0.4 is 4.72 Å². The molecule has 0 unspecified atom stereocenters. The van der Waals surface area contributed by atoms with Gasteiger partial charge in [0.15, 0.2) is 5.03 Å². The van der Waals surface area contributed by atoms with E-state index >= 15 is 0 Å². The molecule has 0 radical (unpaired) electrons. The number of nitrogens with zero attached hydrogens (tertiary/aromatic N) is 3. The summed E-state index contributed by atoms with van der Waals surface area (Å²) < 4.78 is 27.5. The number of anilines is 1. The molecule has 9 heteroatoms. The molecule has 2 aromatic rings. The van der Waals surface area contributed by atoms with E-state index in [4.69, 9.17) is 5.11 Å². The predicted molar refractivity (Wildman–Crippen MR) is 65.2 cm³/mol. The molecule has 0 spiro atoms. The third-order valence-electron chi connectivity index (χ3n) is 2.21. The second kappa shape index (κ2) is 4.69. The van der Waals surface area contributed by atoms with Gasteiger partial charge in [-0.05, 0) is 12.1 Å². The molecule has 8 nitrogen and oxygen atoms in total. The van der Waals surface area contributed by atoms with Crippen LogP contribution in [0.2, 0.25) is 0 Å². The molecule has 0 aliphatic rings. The van der Waals surface area contributed by atoms with E-state index in [1.165, 1.54) is 29.2 Å². The topological polar surface area (TPSA) is 114 Å². The number of pyridine rings is 1. The highest BCUT2D eigenvalue weighted by Gasteiger charge is 2.17. The van der Waals surface area contributed by atoms with E-state index in [9.17, 15) is 13.2 Å². The Morgan fingerprint density at radius 2 is 2.11 bits per heavy atom. The molecule has 0 amide bonds. The van der Waals surface area contributed by atoms with Crippen molar-refractivity contribution in [2.45, 2.75) is 5.03 Å². The third kappa shape index (κ3) is 2.88. The van der Waals surface area contributed by atoms with Crippen molar-refractivity contribution in [1.82, 2.24) is 14.5 Å². The summed E-state index contributed by atoms with van der Waals surface area (Å²) in [4.78, 5) is 18.1. The van der Waals surface area contributed by atoms with Crippen LogP contribution in [0.25, 0.3) is 0 Å². The van der Waals surface area contributed by atoms with E-state index in [0.717, 1.165) is 6.20 Å². The van der Waals surface area contributed by atoms with E-state index in [1.807, 2.05) is 0 Å². The molecular formula is C10H10N4O4S. The second-order valence-corrected chi connectivity index (χ2v) is 5.35. The summed E-state index contributed by atoms with van der Waals surface area (Å²) in [6.07, 6.45) is 3.77. The molecule has 2 aromatic heterocycles. The third-order valence-corrected chi connectivity index (χ3v) is 3.45. The highest BCUT2D eigenvalue weighted by atomic mass is 32.2. The average molecular weight is 282 g/mol. The van der Waals surface area contributed by atoms with Crippen molar-refractivity contribution in [2.24, 2.45) is 7.05 Å². The maximum absolute atomic E-state index is 11.9. The fraction of sp³-hybridized carbons (Fsp3) is 0.100. The predicted octanol–water partition coefficient (Wildman–Crippen LogP) is 0.314. The van der Waals surface area contributed by atoms with Crippen LogP contribution in [0.15, 0.2) is 35.9 Å².